The molecule has 1 fully saturated rings. The Morgan fingerprint density at radius 2 is 2.27 bits per heavy atom. The number of ether oxygens (including phenoxy) is 1. The van der Waals surface area contributed by atoms with Crippen LogP contribution in [-0.4, -0.2) is 36.5 Å². The molecule has 15 heavy (non-hydrogen) atoms. The van der Waals surface area contributed by atoms with Crippen LogP contribution in [0.3, 0.4) is 0 Å². The summed E-state index contributed by atoms with van der Waals surface area (Å²) in [6.45, 7) is 8.53. The lowest BCUT2D eigenvalue weighted by Gasteiger charge is -2.30. The molecule has 0 radical (unpaired) electrons. The quantitative estimate of drug-likeness (QED) is 0.731. The van der Waals surface area contributed by atoms with Crippen LogP contribution in [0.15, 0.2) is 0 Å². The van der Waals surface area contributed by atoms with Crippen LogP contribution in [0.2, 0.25) is 0 Å². The van der Waals surface area contributed by atoms with Gasteiger partial charge in [-0.3, -0.25) is 0 Å². The Balaban J connectivity index is 2.21. The van der Waals surface area contributed by atoms with E-state index in [4.69, 9.17) is 4.74 Å². The van der Waals surface area contributed by atoms with Crippen molar-refractivity contribution in [3.8, 4) is 0 Å². The number of nitrogens with one attached hydrogen (secondary N) is 1. The van der Waals surface area contributed by atoms with Gasteiger partial charge in [0.15, 0.2) is 0 Å². The van der Waals surface area contributed by atoms with Gasteiger partial charge in [0.05, 0.1) is 12.2 Å². The van der Waals surface area contributed by atoms with Crippen molar-refractivity contribution in [2.45, 2.75) is 51.7 Å². The van der Waals surface area contributed by atoms with Crippen LogP contribution in [0, 0.1) is 5.92 Å². The molecular weight excluding hydrogens is 190 g/mol. The lowest BCUT2D eigenvalue weighted by molar-refractivity contribution is 0.0214. The maximum Gasteiger partial charge on any atom is 0.0746 e. The predicted molar refractivity (Wildman–Crippen MR) is 61.9 cm³/mol. The summed E-state index contributed by atoms with van der Waals surface area (Å²) in [4.78, 5) is 0. The fraction of sp³-hybridized carbons (Fsp3) is 1.00. The molecule has 0 aliphatic carbocycles. The molecule has 0 aromatic carbocycles. The van der Waals surface area contributed by atoms with Crippen LogP contribution in [0.5, 0.6) is 0 Å². The molecule has 3 heteroatoms. The lowest BCUT2D eigenvalue weighted by Crippen LogP contribution is -2.46. The predicted octanol–water partition coefficient (Wildman–Crippen LogP) is 1.55. The van der Waals surface area contributed by atoms with Gasteiger partial charge < -0.3 is 15.2 Å². The normalized spacial score (nSPS) is 26.6. The molecule has 1 aliphatic heterocycles. The van der Waals surface area contributed by atoms with Gasteiger partial charge in [0.2, 0.25) is 0 Å². The Hall–Kier alpha value is -0.120. The first-order valence-corrected chi connectivity index (χ1v) is 6.03. The molecule has 0 spiro atoms. The largest absolute Gasteiger partial charge is 0.389 e. The third-order valence-electron chi connectivity index (χ3n) is 2.78. The third-order valence-corrected chi connectivity index (χ3v) is 2.78. The Bertz CT molecular complexity index is 174. The second-order valence-corrected chi connectivity index (χ2v) is 5.39. The van der Waals surface area contributed by atoms with Crippen LogP contribution in [0.25, 0.3) is 0 Å². The van der Waals surface area contributed by atoms with Gasteiger partial charge in [-0.2, -0.15) is 0 Å². The van der Waals surface area contributed by atoms with Gasteiger partial charge in [0.1, 0.15) is 0 Å². The van der Waals surface area contributed by atoms with Gasteiger partial charge in [-0.15, -0.1) is 0 Å². The summed E-state index contributed by atoms with van der Waals surface area (Å²) >= 11 is 0. The minimum atomic E-state index is -0.592. The minimum Gasteiger partial charge on any atom is -0.389 e. The van der Waals surface area contributed by atoms with Crippen LogP contribution < -0.4 is 5.32 Å². The molecule has 90 valence electrons. The Morgan fingerprint density at radius 3 is 2.80 bits per heavy atom. The van der Waals surface area contributed by atoms with E-state index in [0.717, 1.165) is 32.5 Å². The Morgan fingerprint density at radius 1 is 1.53 bits per heavy atom. The van der Waals surface area contributed by atoms with Crippen molar-refractivity contribution in [3.63, 3.8) is 0 Å². The lowest BCUT2D eigenvalue weighted by atomic mass is 9.94. The average Bonchev–Trinajstić information content (AvgIpc) is 2.15. The van der Waals surface area contributed by atoms with Crippen molar-refractivity contribution in [2.24, 2.45) is 5.92 Å². The van der Waals surface area contributed by atoms with E-state index in [0.29, 0.717) is 18.5 Å². The van der Waals surface area contributed by atoms with E-state index in [9.17, 15) is 5.11 Å². The van der Waals surface area contributed by atoms with Crippen molar-refractivity contribution in [1.82, 2.24) is 5.32 Å². The maximum atomic E-state index is 10.1. The van der Waals surface area contributed by atoms with Gasteiger partial charge in [0.25, 0.3) is 0 Å². The summed E-state index contributed by atoms with van der Waals surface area (Å²) in [6.07, 6.45) is 3.13. The summed E-state index contributed by atoms with van der Waals surface area (Å²) in [5.74, 6) is 0.532. The average molecular weight is 215 g/mol. The van der Waals surface area contributed by atoms with E-state index < -0.39 is 5.60 Å². The van der Waals surface area contributed by atoms with Crippen LogP contribution in [0.1, 0.15) is 40.0 Å². The summed E-state index contributed by atoms with van der Waals surface area (Å²) in [7, 11) is 0. The molecule has 0 saturated carbocycles. The number of hydrogen-bond acceptors (Lipinski definition) is 3. The summed E-state index contributed by atoms with van der Waals surface area (Å²) < 4.78 is 5.38. The number of aliphatic hydroxyl groups is 1. The highest BCUT2D eigenvalue weighted by Crippen LogP contribution is 2.16. The zero-order valence-electron chi connectivity index (χ0n) is 10.3. The summed E-state index contributed by atoms with van der Waals surface area (Å²) in [5.41, 5.74) is -0.592. The topological polar surface area (TPSA) is 41.5 Å². The standard InChI is InChI=1S/C12H25NO2/c1-10(2)7-12(3,14)9-13-11-5-4-6-15-8-11/h10-11,13-14H,4-9H2,1-3H3. The summed E-state index contributed by atoms with van der Waals surface area (Å²) in [5, 5.41) is 13.5. The summed E-state index contributed by atoms with van der Waals surface area (Å²) in [6, 6.07) is 0.428. The highest BCUT2D eigenvalue weighted by atomic mass is 16.5. The second kappa shape index (κ2) is 5.83. The van der Waals surface area contributed by atoms with Crippen molar-refractivity contribution in [2.75, 3.05) is 19.8 Å². The van der Waals surface area contributed by atoms with E-state index in [2.05, 4.69) is 19.2 Å². The van der Waals surface area contributed by atoms with Crippen LogP contribution in [-0.2, 0) is 4.74 Å². The molecule has 0 bridgehead atoms. The van der Waals surface area contributed by atoms with Gasteiger partial charge in [0, 0.05) is 19.2 Å². The van der Waals surface area contributed by atoms with E-state index in [1.807, 2.05) is 6.92 Å². The van der Waals surface area contributed by atoms with E-state index in [-0.39, 0.29) is 0 Å². The smallest absolute Gasteiger partial charge is 0.0746 e. The molecular formula is C12H25NO2. The SMILES string of the molecule is CC(C)CC(C)(O)CNC1CCCOC1. The first-order valence-electron chi connectivity index (χ1n) is 6.03. The first-order chi connectivity index (χ1) is 6.99. The van der Waals surface area contributed by atoms with Gasteiger partial charge >= 0.3 is 0 Å². The van der Waals surface area contributed by atoms with E-state index >= 15 is 0 Å². The highest BCUT2D eigenvalue weighted by molar-refractivity contribution is 4.80. The molecule has 1 rings (SSSR count). The molecule has 3 nitrogen and oxygen atoms in total. The monoisotopic (exact) mass is 215 g/mol. The molecule has 2 N–H and O–H groups in total. The Labute approximate surface area is 93.2 Å². The van der Waals surface area contributed by atoms with Gasteiger partial charge in [-0.1, -0.05) is 13.8 Å². The van der Waals surface area contributed by atoms with E-state index in [1.165, 1.54) is 0 Å². The molecule has 0 amide bonds. The molecule has 0 aromatic rings. The van der Waals surface area contributed by atoms with Crippen molar-refractivity contribution < 1.29 is 9.84 Å². The zero-order chi connectivity index (χ0) is 11.3. The number of hydrogen-bond donors (Lipinski definition) is 2. The van der Waals surface area contributed by atoms with Crippen LogP contribution in [0.4, 0.5) is 0 Å². The van der Waals surface area contributed by atoms with Gasteiger partial charge in [-0.05, 0) is 32.1 Å². The van der Waals surface area contributed by atoms with Crippen molar-refractivity contribution >= 4 is 0 Å². The fourth-order valence-electron chi connectivity index (χ4n) is 2.22. The number of rotatable bonds is 5. The zero-order valence-corrected chi connectivity index (χ0v) is 10.3. The van der Waals surface area contributed by atoms with Gasteiger partial charge in [-0.25, -0.2) is 0 Å². The van der Waals surface area contributed by atoms with E-state index in [1.54, 1.807) is 0 Å². The third kappa shape index (κ3) is 5.50. The molecule has 1 heterocycles. The molecule has 2 unspecified atom stereocenters. The molecule has 0 aromatic heterocycles. The van der Waals surface area contributed by atoms with Crippen LogP contribution >= 0.6 is 0 Å². The maximum absolute atomic E-state index is 10.1. The molecule has 2 atom stereocenters. The Kier molecular flexibility index (Phi) is 5.03. The van der Waals surface area contributed by atoms with Crippen molar-refractivity contribution in [1.29, 1.82) is 0 Å². The highest BCUT2D eigenvalue weighted by Gasteiger charge is 2.23. The minimum absolute atomic E-state index is 0.428. The molecule has 1 aliphatic rings. The van der Waals surface area contributed by atoms with Crippen molar-refractivity contribution in [3.05, 3.63) is 0 Å². The molecule has 1 saturated heterocycles. The fourth-order valence-corrected chi connectivity index (χ4v) is 2.22. The second-order valence-electron chi connectivity index (χ2n) is 5.39. The first kappa shape index (κ1) is 12.9.